The van der Waals surface area contributed by atoms with Gasteiger partial charge in [-0.15, -0.1) is 0 Å². The van der Waals surface area contributed by atoms with Gasteiger partial charge in [-0.2, -0.15) is 0 Å². The van der Waals surface area contributed by atoms with E-state index in [1.165, 1.54) is 0 Å². The van der Waals surface area contributed by atoms with E-state index < -0.39 is 0 Å². The van der Waals surface area contributed by atoms with Crippen LogP contribution in [0.4, 0.5) is 11.6 Å². The smallest absolute Gasteiger partial charge is 0.132 e. The highest BCUT2D eigenvalue weighted by molar-refractivity contribution is 5.47. The number of rotatable bonds is 7. The summed E-state index contributed by atoms with van der Waals surface area (Å²) >= 11 is 0. The van der Waals surface area contributed by atoms with Crippen molar-refractivity contribution in [1.29, 1.82) is 0 Å². The third-order valence-electron chi connectivity index (χ3n) is 2.34. The third-order valence-corrected chi connectivity index (χ3v) is 2.34. The summed E-state index contributed by atoms with van der Waals surface area (Å²) in [7, 11) is 0. The fourth-order valence-corrected chi connectivity index (χ4v) is 1.40. The first-order chi connectivity index (χ1) is 8.15. The summed E-state index contributed by atoms with van der Waals surface area (Å²) in [6.45, 7) is 10.5. The molecule has 0 saturated heterocycles. The second-order valence-corrected chi connectivity index (χ2v) is 4.61. The van der Waals surface area contributed by atoms with Crippen molar-refractivity contribution < 1.29 is 0 Å². The van der Waals surface area contributed by atoms with Crippen LogP contribution in [0.2, 0.25) is 0 Å². The molecule has 1 aromatic heterocycles. The quantitative estimate of drug-likeness (QED) is 0.764. The van der Waals surface area contributed by atoms with Crippen molar-refractivity contribution in [3.05, 3.63) is 11.9 Å². The fourth-order valence-electron chi connectivity index (χ4n) is 1.40. The monoisotopic (exact) mass is 236 g/mol. The van der Waals surface area contributed by atoms with Gasteiger partial charge < -0.3 is 10.6 Å². The zero-order valence-corrected chi connectivity index (χ0v) is 11.4. The highest BCUT2D eigenvalue weighted by Gasteiger charge is 2.03. The number of aromatic nitrogens is 2. The van der Waals surface area contributed by atoms with Gasteiger partial charge in [0.15, 0.2) is 0 Å². The summed E-state index contributed by atoms with van der Waals surface area (Å²) in [5, 5.41) is 6.65. The lowest BCUT2D eigenvalue weighted by Gasteiger charge is -2.11. The van der Waals surface area contributed by atoms with Crippen molar-refractivity contribution in [2.75, 3.05) is 23.7 Å². The number of nitrogens with zero attached hydrogens (tertiary/aromatic N) is 2. The molecule has 0 aliphatic rings. The minimum atomic E-state index is 0.613. The van der Waals surface area contributed by atoms with Crippen molar-refractivity contribution in [1.82, 2.24) is 9.97 Å². The SMILES string of the molecule is CCCNc1cc(NCC(C)C)nc(CC)n1. The fraction of sp³-hybridized carbons (Fsp3) is 0.692. The van der Waals surface area contributed by atoms with E-state index in [0.717, 1.165) is 43.4 Å². The van der Waals surface area contributed by atoms with E-state index in [2.05, 4.69) is 48.3 Å². The number of hydrogen-bond acceptors (Lipinski definition) is 4. The summed E-state index contributed by atoms with van der Waals surface area (Å²) < 4.78 is 0. The number of anilines is 2. The van der Waals surface area contributed by atoms with Gasteiger partial charge in [-0.05, 0) is 12.3 Å². The molecular formula is C13H24N4. The molecule has 0 aromatic carbocycles. The molecule has 4 nitrogen and oxygen atoms in total. The van der Waals surface area contributed by atoms with Gasteiger partial charge in [-0.25, -0.2) is 9.97 Å². The Morgan fingerprint density at radius 1 is 1.12 bits per heavy atom. The van der Waals surface area contributed by atoms with Crippen molar-refractivity contribution in [3.8, 4) is 0 Å². The second-order valence-electron chi connectivity index (χ2n) is 4.61. The molecule has 1 rings (SSSR count). The Labute approximate surface area is 104 Å². The Bertz CT molecular complexity index is 336. The summed E-state index contributed by atoms with van der Waals surface area (Å²) in [5.74, 6) is 3.34. The van der Waals surface area contributed by atoms with Crippen LogP contribution in [0.3, 0.4) is 0 Å². The normalized spacial score (nSPS) is 10.6. The molecule has 4 heteroatoms. The maximum Gasteiger partial charge on any atom is 0.132 e. The van der Waals surface area contributed by atoms with Crippen LogP contribution in [0.1, 0.15) is 39.9 Å². The highest BCUT2D eigenvalue weighted by Crippen LogP contribution is 2.12. The largest absolute Gasteiger partial charge is 0.370 e. The second kappa shape index (κ2) is 7.09. The Balaban J connectivity index is 2.73. The van der Waals surface area contributed by atoms with Crippen LogP contribution in [0, 0.1) is 5.92 Å². The van der Waals surface area contributed by atoms with E-state index >= 15 is 0 Å². The summed E-state index contributed by atoms with van der Waals surface area (Å²) in [6, 6.07) is 1.98. The molecule has 0 amide bonds. The molecule has 0 radical (unpaired) electrons. The maximum absolute atomic E-state index is 4.47. The minimum Gasteiger partial charge on any atom is -0.370 e. The van der Waals surface area contributed by atoms with E-state index in [-0.39, 0.29) is 0 Å². The predicted octanol–water partition coefficient (Wildman–Crippen LogP) is 2.93. The van der Waals surface area contributed by atoms with Crippen molar-refractivity contribution in [2.24, 2.45) is 5.92 Å². The topological polar surface area (TPSA) is 49.8 Å². The molecule has 1 heterocycles. The number of nitrogens with one attached hydrogen (secondary N) is 2. The van der Waals surface area contributed by atoms with E-state index in [1.807, 2.05) is 6.07 Å². The Hall–Kier alpha value is -1.32. The molecule has 0 fully saturated rings. The Morgan fingerprint density at radius 3 is 2.29 bits per heavy atom. The van der Waals surface area contributed by atoms with Crippen molar-refractivity contribution in [3.63, 3.8) is 0 Å². The molecule has 0 saturated carbocycles. The van der Waals surface area contributed by atoms with Gasteiger partial charge in [-0.3, -0.25) is 0 Å². The van der Waals surface area contributed by atoms with Gasteiger partial charge in [0.05, 0.1) is 0 Å². The van der Waals surface area contributed by atoms with Crippen molar-refractivity contribution in [2.45, 2.75) is 40.5 Å². The van der Waals surface area contributed by atoms with E-state index in [4.69, 9.17) is 0 Å². The molecule has 0 aliphatic heterocycles. The average molecular weight is 236 g/mol. The molecule has 1 aromatic rings. The summed E-state index contributed by atoms with van der Waals surface area (Å²) in [6.07, 6.45) is 1.96. The van der Waals surface area contributed by atoms with E-state index in [1.54, 1.807) is 0 Å². The molecule has 2 N–H and O–H groups in total. The van der Waals surface area contributed by atoms with Gasteiger partial charge in [0.1, 0.15) is 17.5 Å². The maximum atomic E-state index is 4.47. The zero-order valence-electron chi connectivity index (χ0n) is 11.4. The van der Waals surface area contributed by atoms with Gasteiger partial charge in [0.25, 0.3) is 0 Å². The Morgan fingerprint density at radius 2 is 1.76 bits per heavy atom. The molecule has 96 valence electrons. The van der Waals surface area contributed by atoms with Crippen LogP contribution in [0.25, 0.3) is 0 Å². The predicted molar refractivity (Wildman–Crippen MR) is 73.5 cm³/mol. The standard InChI is InChI=1S/C13H24N4/c1-5-7-14-12-8-13(15-9-10(3)4)17-11(6-2)16-12/h8,10H,5-7,9H2,1-4H3,(H2,14,15,16,17). The lowest BCUT2D eigenvalue weighted by Crippen LogP contribution is -2.12. The van der Waals surface area contributed by atoms with Gasteiger partial charge >= 0.3 is 0 Å². The Kier molecular flexibility index (Phi) is 5.73. The summed E-state index contributed by atoms with van der Waals surface area (Å²) in [4.78, 5) is 8.92. The first kappa shape index (κ1) is 13.7. The van der Waals surface area contributed by atoms with Gasteiger partial charge in [-0.1, -0.05) is 27.7 Å². The van der Waals surface area contributed by atoms with Gasteiger partial charge in [0.2, 0.25) is 0 Å². The molecule has 0 bridgehead atoms. The van der Waals surface area contributed by atoms with Crippen LogP contribution in [-0.4, -0.2) is 23.1 Å². The van der Waals surface area contributed by atoms with Crippen LogP contribution in [0.5, 0.6) is 0 Å². The van der Waals surface area contributed by atoms with Crippen LogP contribution >= 0.6 is 0 Å². The van der Waals surface area contributed by atoms with Crippen LogP contribution in [-0.2, 0) is 6.42 Å². The molecule has 17 heavy (non-hydrogen) atoms. The zero-order chi connectivity index (χ0) is 12.7. The highest BCUT2D eigenvalue weighted by atomic mass is 15.1. The lowest BCUT2D eigenvalue weighted by atomic mass is 10.2. The lowest BCUT2D eigenvalue weighted by molar-refractivity contribution is 0.686. The minimum absolute atomic E-state index is 0.613. The van der Waals surface area contributed by atoms with Crippen LogP contribution < -0.4 is 10.6 Å². The average Bonchev–Trinajstić information content (AvgIpc) is 2.33. The molecule has 0 unspecified atom stereocenters. The number of aryl methyl sites for hydroxylation is 1. The van der Waals surface area contributed by atoms with E-state index in [0.29, 0.717) is 5.92 Å². The molecule has 0 spiro atoms. The number of hydrogen-bond donors (Lipinski definition) is 2. The first-order valence-electron chi connectivity index (χ1n) is 6.51. The summed E-state index contributed by atoms with van der Waals surface area (Å²) in [5.41, 5.74) is 0. The molecule has 0 atom stereocenters. The van der Waals surface area contributed by atoms with Gasteiger partial charge in [0, 0.05) is 25.6 Å². The van der Waals surface area contributed by atoms with Crippen molar-refractivity contribution >= 4 is 11.6 Å². The third kappa shape index (κ3) is 5.02. The molecular weight excluding hydrogens is 212 g/mol. The first-order valence-corrected chi connectivity index (χ1v) is 6.51. The van der Waals surface area contributed by atoms with E-state index in [9.17, 15) is 0 Å². The van der Waals surface area contributed by atoms with Crippen LogP contribution in [0.15, 0.2) is 6.07 Å². The molecule has 0 aliphatic carbocycles.